The molecule has 106 valence electrons. The SMILES string of the molecule is Cn1cccc1C(=O)CSc1nnc(-c2ccccc2)o1. The van der Waals surface area contributed by atoms with Gasteiger partial charge in [0.05, 0.1) is 11.4 Å². The van der Waals surface area contributed by atoms with E-state index in [0.29, 0.717) is 16.8 Å². The van der Waals surface area contributed by atoms with Crippen LogP contribution in [0.1, 0.15) is 10.5 Å². The Morgan fingerprint density at radius 2 is 2.00 bits per heavy atom. The molecule has 0 saturated carbocycles. The van der Waals surface area contributed by atoms with Crippen molar-refractivity contribution in [2.45, 2.75) is 5.22 Å². The number of thioether (sulfide) groups is 1. The fourth-order valence-electron chi connectivity index (χ4n) is 1.92. The van der Waals surface area contributed by atoms with Gasteiger partial charge in [-0.1, -0.05) is 30.0 Å². The standard InChI is InChI=1S/C15H13N3O2S/c1-18-9-5-8-12(18)13(19)10-21-15-17-16-14(20-15)11-6-3-2-4-7-11/h2-9H,10H2,1H3. The van der Waals surface area contributed by atoms with E-state index < -0.39 is 0 Å². The van der Waals surface area contributed by atoms with Gasteiger partial charge in [0.1, 0.15) is 0 Å². The molecule has 0 bridgehead atoms. The number of aromatic nitrogens is 3. The molecule has 0 fully saturated rings. The predicted octanol–water partition coefficient (Wildman–Crippen LogP) is 3.05. The van der Waals surface area contributed by atoms with Crippen molar-refractivity contribution < 1.29 is 9.21 Å². The molecule has 5 nitrogen and oxygen atoms in total. The highest BCUT2D eigenvalue weighted by Crippen LogP contribution is 2.23. The Kier molecular flexibility index (Phi) is 3.87. The van der Waals surface area contributed by atoms with Crippen LogP contribution in [0.2, 0.25) is 0 Å². The molecule has 6 heteroatoms. The van der Waals surface area contributed by atoms with Gasteiger partial charge >= 0.3 is 0 Å². The average molecular weight is 299 g/mol. The van der Waals surface area contributed by atoms with E-state index in [0.717, 1.165) is 5.56 Å². The van der Waals surface area contributed by atoms with Crippen molar-refractivity contribution in [3.05, 3.63) is 54.4 Å². The smallest absolute Gasteiger partial charge is 0.277 e. The molecule has 2 heterocycles. The highest BCUT2D eigenvalue weighted by Gasteiger charge is 2.13. The van der Waals surface area contributed by atoms with E-state index >= 15 is 0 Å². The number of carbonyl (C=O) groups excluding carboxylic acids is 1. The first-order chi connectivity index (χ1) is 10.2. The van der Waals surface area contributed by atoms with Crippen LogP contribution in [0.25, 0.3) is 11.5 Å². The molecule has 0 amide bonds. The van der Waals surface area contributed by atoms with E-state index in [4.69, 9.17) is 4.42 Å². The summed E-state index contributed by atoms with van der Waals surface area (Å²) in [6, 6.07) is 13.2. The van der Waals surface area contributed by atoms with E-state index in [1.807, 2.05) is 49.6 Å². The molecule has 1 aromatic carbocycles. The van der Waals surface area contributed by atoms with Gasteiger partial charge in [0.2, 0.25) is 5.89 Å². The lowest BCUT2D eigenvalue weighted by molar-refractivity contribution is 0.101. The Morgan fingerprint density at radius 3 is 2.71 bits per heavy atom. The monoisotopic (exact) mass is 299 g/mol. The molecular formula is C15H13N3O2S. The van der Waals surface area contributed by atoms with Gasteiger partial charge in [-0.15, -0.1) is 10.2 Å². The zero-order valence-electron chi connectivity index (χ0n) is 11.4. The van der Waals surface area contributed by atoms with Crippen LogP contribution in [0, 0.1) is 0 Å². The van der Waals surface area contributed by atoms with Crippen LogP contribution in [0.3, 0.4) is 0 Å². The number of carbonyl (C=O) groups is 1. The molecule has 0 radical (unpaired) electrons. The summed E-state index contributed by atoms with van der Waals surface area (Å²) in [4.78, 5) is 12.0. The molecule has 3 aromatic rings. The van der Waals surface area contributed by atoms with Crippen molar-refractivity contribution in [2.75, 3.05) is 5.75 Å². The largest absolute Gasteiger partial charge is 0.411 e. The molecule has 0 aliphatic rings. The molecule has 0 saturated heterocycles. The fourth-order valence-corrected chi connectivity index (χ4v) is 2.56. The topological polar surface area (TPSA) is 60.9 Å². The van der Waals surface area contributed by atoms with Gasteiger partial charge in [0.25, 0.3) is 5.22 Å². The van der Waals surface area contributed by atoms with Gasteiger partial charge in [-0.3, -0.25) is 4.79 Å². The number of aryl methyl sites for hydroxylation is 1. The Morgan fingerprint density at radius 1 is 1.19 bits per heavy atom. The summed E-state index contributed by atoms with van der Waals surface area (Å²) < 4.78 is 7.35. The highest BCUT2D eigenvalue weighted by atomic mass is 32.2. The predicted molar refractivity (Wildman–Crippen MR) is 80.2 cm³/mol. The van der Waals surface area contributed by atoms with Crippen LogP contribution in [-0.2, 0) is 7.05 Å². The van der Waals surface area contributed by atoms with Crippen LogP contribution in [-0.4, -0.2) is 26.3 Å². The summed E-state index contributed by atoms with van der Waals surface area (Å²) >= 11 is 1.25. The lowest BCUT2D eigenvalue weighted by Gasteiger charge is -2.00. The molecule has 0 N–H and O–H groups in total. The maximum atomic E-state index is 12.0. The molecule has 0 aliphatic carbocycles. The second-order valence-electron chi connectivity index (χ2n) is 4.46. The van der Waals surface area contributed by atoms with Crippen LogP contribution in [0.4, 0.5) is 0 Å². The van der Waals surface area contributed by atoms with Crippen molar-refractivity contribution in [1.82, 2.24) is 14.8 Å². The average Bonchev–Trinajstić information content (AvgIpc) is 3.15. The quantitative estimate of drug-likeness (QED) is 0.535. The van der Waals surface area contributed by atoms with Crippen molar-refractivity contribution >= 4 is 17.5 Å². The maximum Gasteiger partial charge on any atom is 0.277 e. The first-order valence-electron chi connectivity index (χ1n) is 6.40. The van der Waals surface area contributed by atoms with Crippen LogP contribution in [0.15, 0.2) is 58.3 Å². The van der Waals surface area contributed by atoms with Gasteiger partial charge in [-0.2, -0.15) is 0 Å². The molecule has 0 unspecified atom stereocenters. The third kappa shape index (κ3) is 3.05. The van der Waals surface area contributed by atoms with Gasteiger partial charge < -0.3 is 8.98 Å². The second-order valence-corrected chi connectivity index (χ2v) is 5.38. The van der Waals surface area contributed by atoms with E-state index in [2.05, 4.69) is 10.2 Å². The number of Topliss-reactive ketones (excluding diaryl/α,β-unsaturated/α-hetero) is 1. The summed E-state index contributed by atoms with van der Waals surface area (Å²) in [5.41, 5.74) is 1.54. The number of rotatable bonds is 5. The first-order valence-corrected chi connectivity index (χ1v) is 7.39. The first kappa shape index (κ1) is 13.6. The molecular weight excluding hydrogens is 286 g/mol. The number of ketones is 1. The van der Waals surface area contributed by atoms with E-state index in [-0.39, 0.29) is 11.5 Å². The zero-order chi connectivity index (χ0) is 14.7. The number of benzene rings is 1. The number of hydrogen-bond acceptors (Lipinski definition) is 5. The molecule has 3 rings (SSSR count). The summed E-state index contributed by atoms with van der Waals surface area (Å²) in [7, 11) is 1.85. The summed E-state index contributed by atoms with van der Waals surface area (Å²) in [5.74, 6) is 0.769. The lowest BCUT2D eigenvalue weighted by atomic mass is 10.2. The Hall–Kier alpha value is -2.34. The Balaban J connectivity index is 1.66. The van der Waals surface area contributed by atoms with Crippen molar-refractivity contribution in [2.24, 2.45) is 7.05 Å². The second kappa shape index (κ2) is 5.97. The number of nitrogens with zero attached hydrogens (tertiary/aromatic N) is 3. The third-order valence-electron chi connectivity index (χ3n) is 2.98. The van der Waals surface area contributed by atoms with Crippen LogP contribution >= 0.6 is 11.8 Å². The van der Waals surface area contributed by atoms with E-state index in [9.17, 15) is 4.79 Å². The zero-order valence-corrected chi connectivity index (χ0v) is 12.2. The lowest BCUT2D eigenvalue weighted by Crippen LogP contribution is -2.07. The minimum atomic E-state index is 0.0342. The minimum Gasteiger partial charge on any atom is -0.411 e. The number of hydrogen-bond donors (Lipinski definition) is 0. The van der Waals surface area contributed by atoms with Gasteiger partial charge in [0, 0.05) is 18.8 Å². The summed E-state index contributed by atoms with van der Waals surface area (Å²) in [6.45, 7) is 0. The Bertz CT molecular complexity index is 749. The van der Waals surface area contributed by atoms with E-state index in [1.165, 1.54) is 11.8 Å². The van der Waals surface area contributed by atoms with E-state index in [1.54, 1.807) is 10.6 Å². The van der Waals surface area contributed by atoms with Crippen molar-refractivity contribution in [1.29, 1.82) is 0 Å². The normalized spacial score (nSPS) is 10.7. The molecule has 21 heavy (non-hydrogen) atoms. The fraction of sp³-hybridized carbons (Fsp3) is 0.133. The van der Waals surface area contributed by atoms with Crippen molar-refractivity contribution in [3.8, 4) is 11.5 Å². The highest BCUT2D eigenvalue weighted by molar-refractivity contribution is 7.99. The van der Waals surface area contributed by atoms with Crippen LogP contribution in [0.5, 0.6) is 0 Å². The minimum absolute atomic E-state index is 0.0342. The van der Waals surface area contributed by atoms with Gasteiger partial charge in [-0.25, -0.2) is 0 Å². The van der Waals surface area contributed by atoms with Gasteiger partial charge in [-0.05, 0) is 24.3 Å². The molecule has 0 atom stereocenters. The summed E-state index contributed by atoms with van der Waals surface area (Å²) in [6.07, 6.45) is 1.85. The van der Waals surface area contributed by atoms with Crippen LogP contribution < -0.4 is 0 Å². The Labute approximate surface area is 126 Å². The molecule has 2 aromatic heterocycles. The molecule has 0 spiro atoms. The van der Waals surface area contributed by atoms with Crippen molar-refractivity contribution in [3.63, 3.8) is 0 Å². The summed E-state index contributed by atoms with van der Waals surface area (Å²) in [5, 5.41) is 8.35. The maximum absolute atomic E-state index is 12.0. The van der Waals surface area contributed by atoms with Gasteiger partial charge in [0.15, 0.2) is 5.78 Å². The third-order valence-corrected chi connectivity index (χ3v) is 3.80. The molecule has 0 aliphatic heterocycles.